The summed E-state index contributed by atoms with van der Waals surface area (Å²) in [4.78, 5) is 25.9. The first-order valence-electron chi connectivity index (χ1n) is 5.96. The molecule has 0 bridgehead atoms. The Balaban J connectivity index is 2.21. The lowest BCUT2D eigenvalue weighted by Gasteiger charge is -2.28. The van der Waals surface area contributed by atoms with Crippen molar-refractivity contribution in [3.63, 3.8) is 0 Å². The van der Waals surface area contributed by atoms with Crippen molar-refractivity contribution in [2.24, 2.45) is 0 Å². The van der Waals surface area contributed by atoms with Crippen LogP contribution in [0.15, 0.2) is 36.5 Å². The van der Waals surface area contributed by atoms with Gasteiger partial charge in [-0.3, -0.25) is 9.59 Å². The molecule has 1 unspecified atom stereocenters. The molecule has 2 rings (SSSR count). The Bertz CT molecular complexity index is 581. The number of benzene rings is 1. The molecule has 0 saturated heterocycles. The Hall–Kier alpha value is -2.21. The van der Waals surface area contributed by atoms with E-state index < -0.39 is 6.04 Å². The Labute approximate surface area is 122 Å². The number of hydrogen-bond donors (Lipinski definition) is 1. The maximum atomic E-state index is 12.4. The molecule has 6 heteroatoms. The normalized spacial score (nSPS) is 17.6. The third-order valence-corrected chi connectivity index (χ3v) is 3.39. The van der Waals surface area contributed by atoms with Crippen LogP contribution in [0, 0.1) is 0 Å². The van der Waals surface area contributed by atoms with Crippen LogP contribution in [-0.4, -0.2) is 41.8 Å². The molecule has 1 aromatic rings. The molecule has 0 radical (unpaired) electrons. The third-order valence-electron chi connectivity index (χ3n) is 3.04. The van der Waals surface area contributed by atoms with Gasteiger partial charge in [-0.25, -0.2) is 0 Å². The third kappa shape index (κ3) is 2.70. The molecule has 0 aliphatic carbocycles. The summed E-state index contributed by atoms with van der Waals surface area (Å²) >= 11 is 5.13. The number of nitrogens with one attached hydrogen (secondary N) is 1. The van der Waals surface area contributed by atoms with E-state index in [1.165, 1.54) is 11.1 Å². The molecule has 1 N–H and O–H groups in total. The summed E-state index contributed by atoms with van der Waals surface area (Å²) in [6.07, 6.45) is 3.09. The molecule has 0 spiro atoms. The van der Waals surface area contributed by atoms with E-state index in [0.29, 0.717) is 16.2 Å². The van der Waals surface area contributed by atoms with Gasteiger partial charge in [0.2, 0.25) is 0 Å². The number of carbonyl (C=O) groups is 2. The first kappa shape index (κ1) is 14.2. The number of hydrogen-bond acceptors (Lipinski definition) is 4. The van der Waals surface area contributed by atoms with E-state index in [4.69, 9.17) is 17.0 Å². The highest BCUT2D eigenvalue weighted by molar-refractivity contribution is 7.81. The van der Waals surface area contributed by atoms with Gasteiger partial charge in [0.15, 0.2) is 0 Å². The van der Waals surface area contributed by atoms with E-state index in [-0.39, 0.29) is 11.8 Å². The molecule has 1 aromatic carbocycles. The second-order valence-corrected chi connectivity index (χ2v) is 4.76. The Kier molecular flexibility index (Phi) is 4.14. The summed E-state index contributed by atoms with van der Waals surface area (Å²) in [5.74, 6) is 0.0883. The number of thiocarbonyl (C=S) groups is 1. The van der Waals surface area contributed by atoms with Crippen LogP contribution < -0.4 is 10.1 Å². The van der Waals surface area contributed by atoms with Gasteiger partial charge >= 0.3 is 0 Å². The summed E-state index contributed by atoms with van der Waals surface area (Å²) < 4.78 is 5.04. The van der Waals surface area contributed by atoms with E-state index in [1.807, 2.05) is 0 Å². The lowest BCUT2D eigenvalue weighted by atomic mass is 10.1. The predicted octanol–water partition coefficient (Wildman–Crippen LogP) is 1.15. The van der Waals surface area contributed by atoms with Gasteiger partial charge in [0.1, 0.15) is 11.8 Å². The molecule has 104 valence electrons. The lowest BCUT2D eigenvalue weighted by molar-refractivity contribution is -0.122. The van der Waals surface area contributed by atoms with E-state index in [0.717, 1.165) is 0 Å². The molecule has 0 fully saturated rings. The van der Waals surface area contributed by atoms with Crippen LogP contribution in [0.25, 0.3) is 0 Å². The molecule has 1 atom stereocenters. The van der Waals surface area contributed by atoms with Gasteiger partial charge in [0.25, 0.3) is 11.8 Å². The van der Waals surface area contributed by atoms with Crippen molar-refractivity contribution in [3.05, 3.63) is 42.1 Å². The summed E-state index contributed by atoms with van der Waals surface area (Å²) in [6.45, 7) is 0. The van der Waals surface area contributed by atoms with Crippen molar-refractivity contribution >= 4 is 28.9 Å². The van der Waals surface area contributed by atoms with E-state index in [2.05, 4.69) is 5.32 Å². The van der Waals surface area contributed by atoms with Gasteiger partial charge in [0.05, 0.1) is 7.11 Å². The highest BCUT2D eigenvalue weighted by atomic mass is 32.1. The van der Waals surface area contributed by atoms with Crippen molar-refractivity contribution < 1.29 is 14.3 Å². The standard InChI is InChI=1S/C14H14N2O3S/c1-16(12-11(20)7-8-15-13(12)17)14(18)9-3-5-10(19-2)6-4-9/h3-8,12H,1-2H3,(H,15,17). The molecule has 1 aliphatic heterocycles. The van der Waals surface area contributed by atoms with Gasteiger partial charge in [0, 0.05) is 23.7 Å². The molecule has 1 aliphatic rings. The number of ether oxygens (including phenoxy) is 1. The second kappa shape index (κ2) is 5.83. The molecular formula is C14H14N2O3S. The number of methoxy groups -OCH3 is 1. The lowest BCUT2D eigenvalue weighted by Crippen LogP contribution is -2.52. The number of likely N-dealkylation sites (N-methyl/N-ethyl adjacent to an activating group) is 1. The largest absolute Gasteiger partial charge is 0.497 e. The summed E-state index contributed by atoms with van der Waals surface area (Å²) in [6, 6.07) is 5.93. The van der Waals surface area contributed by atoms with Crippen LogP contribution in [0.5, 0.6) is 5.75 Å². The van der Waals surface area contributed by atoms with Crippen molar-refractivity contribution in [1.29, 1.82) is 0 Å². The van der Waals surface area contributed by atoms with Crippen molar-refractivity contribution in [2.45, 2.75) is 6.04 Å². The van der Waals surface area contributed by atoms with E-state index in [1.54, 1.807) is 44.5 Å². The number of amides is 2. The van der Waals surface area contributed by atoms with Gasteiger partial charge in [-0.15, -0.1) is 0 Å². The second-order valence-electron chi connectivity index (χ2n) is 4.29. The molecular weight excluding hydrogens is 276 g/mol. The van der Waals surface area contributed by atoms with E-state index >= 15 is 0 Å². The number of nitrogens with zero attached hydrogens (tertiary/aromatic N) is 1. The maximum absolute atomic E-state index is 12.4. The first-order valence-corrected chi connectivity index (χ1v) is 6.37. The van der Waals surface area contributed by atoms with Crippen LogP contribution in [0.3, 0.4) is 0 Å². The Morgan fingerprint density at radius 2 is 2.00 bits per heavy atom. The zero-order chi connectivity index (χ0) is 14.7. The van der Waals surface area contributed by atoms with Crippen LogP contribution >= 0.6 is 12.2 Å². The zero-order valence-electron chi connectivity index (χ0n) is 11.1. The van der Waals surface area contributed by atoms with Gasteiger partial charge in [-0.05, 0) is 30.3 Å². The monoisotopic (exact) mass is 290 g/mol. The summed E-state index contributed by atoms with van der Waals surface area (Å²) in [5, 5.41) is 2.55. The maximum Gasteiger partial charge on any atom is 0.254 e. The average molecular weight is 290 g/mol. The fraction of sp³-hybridized carbons (Fsp3) is 0.214. The number of carbonyl (C=O) groups excluding carboxylic acids is 2. The van der Waals surface area contributed by atoms with E-state index in [9.17, 15) is 9.59 Å². The summed E-state index contributed by atoms with van der Waals surface area (Å²) in [7, 11) is 3.11. The van der Waals surface area contributed by atoms with Gasteiger partial charge < -0.3 is 15.0 Å². The van der Waals surface area contributed by atoms with Gasteiger partial charge in [-0.1, -0.05) is 12.2 Å². The van der Waals surface area contributed by atoms with Crippen LogP contribution in [0.1, 0.15) is 10.4 Å². The minimum atomic E-state index is -0.760. The predicted molar refractivity (Wildman–Crippen MR) is 78.8 cm³/mol. The van der Waals surface area contributed by atoms with Gasteiger partial charge in [-0.2, -0.15) is 0 Å². The smallest absolute Gasteiger partial charge is 0.254 e. The molecule has 20 heavy (non-hydrogen) atoms. The molecule has 2 amide bonds. The van der Waals surface area contributed by atoms with Crippen molar-refractivity contribution in [1.82, 2.24) is 10.2 Å². The van der Waals surface area contributed by atoms with Crippen molar-refractivity contribution in [2.75, 3.05) is 14.2 Å². The molecule has 1 heterocycles. The minimum Gasteiger partial charge on any atom is -0.497 e. The first-order chi connectivity index (χ1) is 9.54. The Morgan fingerprint density at radius 3 is 2.55 bits per heavy atom. The van der Waals surface area contributed by atoms with Crippen LogP contribution in [0.2, 0.25) is 0 Å². The fourth-order valence-electron chi connectivity index (χ4n) is 1.93. The molecule has 0 aromatic heterocycles. The zero-order valence-corrected chi connectivity index (χ0v) is 11.9. The SMILES string of the molecule is COc1ccc(C(=O)N(C)C2C(=O)NC=CC2=S)cc1. The molecule has 0 saturated carbocycles. The highest BCUT2D eigenvalue weighted by Crippen LogP contribution is 2.15. The van der Waals surface area contributed by atoms with Crippen molar-refractivity contribution in [3.8, 4) is 5.75 Å². The average Bonchev–Trinajstić information content (AvgIpc) is 2.46. The minimum absolute atomic E-state index is 0.273. The van der Waals surface area contributed by atoms with Crippen LogP contribution in [0.4, 0.5) is 0 Å². The fourth-order valence-corrected chi connectivity index (χ4v) is 2.26. The quantitative estimate of drug-likeness (QED) is 0.848. The highest BCUT2D eigenvalue weighted by Gasteiger charge is 2.31. The summed E-state index contributed by atoms with van der Waals surface area (Å²) in [5.41, 5.74) is 0.471. The number of rotatable bonds is 3. The molecule has 5 nitrogen and oxygen atoms in total. The van der Waals surface area contributed by atoms with Crippen LogP contribution in [-0.2, 0) is 4.79 Å². The Morgan fingerprint density at radius 1 is 1.35 bits per heavy atom. The topological polar surface area (TPSA) is 58.6 Å².